The van der Waals surface area contributed by atoms with E-state index < -0.39 is 0 Å². The molecule has 0 spiro atoms. The summed E-state index contributed by atoms with van der Waals surface area (Å²) in [5.74, 6) is 0.222. The average Bonchev–Trinajstić information content (AvgIpc) is 2.86. The van der Waals surface area contributed by atoms with Crippen molar-refractivity contribution in [3.63, 3.8) is 0 Å². The molecular weight excluding hydrogens is 246 g/mol. The molecule has 0 saturated carbocycles. The molecule has 2 heterocycles. The van der Waals surface area contributed by atoms with Crippen LogP contribution in [0.4, 0.5) is 0 Å². The van der Waals surface area contributed by atoms with Crippen LogP contribution in [-0.2, 0) is 14.3 Å². The van der Waals surface area contributed by atoms with Crippen molar-refractivity contribution in [2.45, 2.75) is 13.3 Å². The van der Waals surface area contributed by atoms with Gasteiger partial charge in [0.2, 0.25) is 11.8 Å². The first-order chi connectivity index (χ1) is 9.07. The van der Waals surface area contributed by atoms with Crippen LogP contribution in [0.15, 0.2) is 0 Å². The van der Waals surface area contributed by atoms with Gasteiger partial charge in [0, 0.05) is 39.8 Å². The van der Waals surface area contributed by atoms with Gasteiger partial charge in [-0.1, -0.05) is 0 Å². The Bertz CT molecular complexity index is 345. The van der Waals surface area contributed by atoms with E-state index in [-0.39, 0.29) is 23.8 Å². The van der Waals surface area contributed by atoms with Crippen molar-refractivity contribution >= 4 is 11.8 Å². The van der Waals surface area contributed by atoms with Gasteiger partial charge < -0.3 is 19.9 Å². The lowest BCUT2D eigenvalue weighted by atomic mass is 9.88. The van der Waals surface area contributed by atoms with Gasteiger partial charge in [-0.2, -0.15) is 0 Å². The predicted octanol–water partition coefficient (Wildman–Crippen LogP) is -0.697. The highest BCUT2D eigenvalue weighted by atomic mass is 16.5. The van der Waals surface area contributed by atoms with Crippen molar-refractivity contribution in [1.82, 2.24) is 15.1 Å². The van der Waals surface area contributed by atoms with Gasteiger partial charge >= 0.3 is 0 Å². The summed E-state index contributed by atoms with van der Waals surface area (Å²) in [7, 11) is 1.52. The minimum atomic E-state index is -0.265. The maximum atomic E-state index is 12.5. The molecule has 19 heavy (non-hydrogen) atoms. The second kappa shape index (κ2) is 5.88. The first-order valence-corrected chi connectivity index (χ1v) is 6.84. The van der Waals surface area contributed by atoms with Crippen LogP contribution in [0.1, 0.15) is 13.3 Å². The van der Waals surface area contributed by atoms with E-state index in [2.05, 4.69) is 5.32 Å². The lowest BCUT2D eigenvalue weighted by Crippen LogP contribution is -2.54. The molecule has 0 radical (unpaired) electrons. The van der Waals surface area contributed by atoms with Gasteiger partial charge in [0.15, 0.2) is 0 Å². The molecule has 6 nitrogen and oxygen atoms in total. The molecule has 0 aliphatic carbocycles. The second-order valence-corrected chi connectivity index (χ2v) is 5.59. The summed E-state index contributed by atoms with van der Waals surface area (Å²) in [5, 5.41) is 3.25. The van der Waals surface area contributed by atoms with Crippen LogP contribution in [0.5, 0.6) is 0 Å². The summed E-state index contributed by atoms with van der Waals surface area (Å²) >= 11 is 0. The highest BCUT2D eigenvalue weighted by Gasteiger charge is 2.40. The van der Waals surface area contributed by atoms with Crippen molar-refractivity contribution < 1.29 is 14.3 Å². The Morgan fingerprint density at radius 2 is 1.84 bits per heavy atom. The molecular formula is C13H23N3O3. The zero-order chi connectivity index (χ0) is 13.9. The zero-order valence-corrected chi connectivity index (χ0v) is 11.8. The van der Waals surface area contributed by atoms with E-state index in [9.17, 15) is 9.59 Å². The number of nitrogens with zero attached hydrogens (tertiary/aromatic N) is 2. The summed E-state index contributed by atoms with van der Waals surface area (Å²) in [6.07, 6.45) is 0.897. The summed E-state index contributed by atoms with van der Waals surface area (Å²) in [5.41, 5.74) is -0.265. The molecule has 2 aliphatic heterocycles. The molecule has 1 atom stereocenters. The van der Waals surface area contributed by atoms with Gasteiger partial charge in [0.1, 0.15) is 6.61 Å². The Kier molecular flexibility index (Phi) is 4.42. The van der Waals surface area contributed by atoms with E-state index in [1.165, 1.54) is 7.11 Å². The Morgan fingerprint density at radius 3 is 2.37 bits per heavy atom. The molecule has 2 aliphatic rings. The topological polar surface area (TPSA) is 61.9 Å². The number of carbonyl (C=O) groups excluding carboxylic acids is 2. The van der Waals surface area contributed by atoms with Gasteiger partial charge in [-0.25, -0.2) is 0 Å². The van der Waals surface area contributed by atoms with Crippen LogP contribution in [0.2, 0.25) is 0 Å². The third-order valence-electron chi connectivity index (χ3n) is 4.07. The largest absolute Gasteiger partial charge is 0.375 e. The first-order valence-electron chi connectivity index (χ1n) is 6.84. The van der Waals surface area contributed by atoms with Crippen LogP contribution in [0, 0.1) is 5.41 Å². The van der Waals surface area contributed by atoms with E-state index in [1.54, 1.807) is 4.90 Å². The minimum absolute atomic E-state index is 0.00310. The van der Waals surface area contributed by atoms with Crippen LogP contribution >= 0.6 is 0 Å². The maximum absolute atomic E-state index is 12.5. The van der Waals surface area contributed by atoms with Crippen molar-refractivity contribution in [1.29, 1.82) is 0 Å². The van der Waals surface area contributed by atoms with Gasteiger partial charge in [-0.05, 0) is 19.9 Å². The van der Waals surface area contributed by atoms with E-state index in [1.807, 2.05) is 11.8 Å². The third-order valence-corrected chi connectivity index (χ3v) is 4.07. The predicted molar refractivity (Wildman–Crippen MR) is 70.6 cm³/mol. The highest BCUT2D eigenvalue weighted by Crippen LogP contribution is 2.27. The average molecular weight is 269 g/mol. The molecule has 108 valence electrons. The van der Waals surface area contributed by atoms with E-state index in [0.29, 0.717) is 26.2 Å². The Labute approximate surface area is 114 Å². The Balaban J connectivity index is 1.86. The number of methoxy groups -OCH3 is 1. The van der Waals surface area contributed by atoms with Crippen LogP contribution in [-0.4, -0.2) is 74.6 Å². The van der Waals surface area contributed by atoms with Crippen molar-refractivity contribution in [3.8, 4) is 0 Å². The summed E-state index contributed by atoms with van der Waals surface area (Å²) in [6.45, 7) is 6.29. The first kappa shape index (κ1) is 14.3. The molecule has 2 saturated heterocycles. The lowest BCUT2D eigenvalue weighted by Gasteiger charge is -2.38. The summed E-state index contributed by atoms with van der Waals surface area (Å²) < 4.78 is 4.85. The van der Waals surface area contributed by atoms with Crippen molar-refractivity contribution in [3.05, 3.63) is 0 Å². The lowest BCUT2D eigenvalue weighted by molar-refractivity contribution is -0.146. The third kappa shape index (κ3) is 3.06. The van der Waals surface area contributed by atoms with Crippen LogP contribution < -0.4 is 5.32 Å². The fraction of sp³-hybridized carbons (Fsp3) is 0.846. The van der Waals surface area contributed by atoms with E-state index in [4.69, 9.17) is 4.74 Å². The molecule has 2 rings (SSSR count). The molecule has 2 fully saturated rings. The number of nitrogens with one attached hydrogen (secondary N) is 1. The van der Waals surface area contributed by atoms with Gasteiger partial charge in [0.25, 0.3) is 0 Å². The smallest absolute Gasteiger partial charge is 0.248 e. The minimum Gasteiger partial charge on any atom is -0.375 e. The molecule has 0 aromatic carbocycles. The SMILES string of the molecule is COCC(=O)N1CCN(C(=O)C2(C)CCNC2)CC1. The fourth-order valence-corrected chi connectivity index (χ4v) is 2.75. The molecule has 1 unspecified atom stereocenters. The summed E-state index contributed by atoms with van der Waals surface area (Å²) in [6, 6.07) is 0. The normalized spacial score (nSPS) is 27.7. The van der Waals surface area contributed by atoms with Gasteiger partial charge in [-0.3, -0.25) is 9.59 Å². The fourth-order valence-electron chi connectivity index (χ4n) is 2.75. The highest BCUT2D eigenvalue weighted by molar-refractivity contribution is 5.83. The number of hydrogen-bond acceptors (Lipinski definition) is 4. The Hall–Kier alpha value is -1.14. The number of amides is 2. The van der Waals surface area contributed by atoms with Crippen LogP contribution in [0.25, 0.3) is 0 Å². The van der Waals surface area contributed by atoms with E-state index in [0.717, 1.165) is 19.5 Å². The molecule has 1 N–H and O–H groups in total. The molecule has 0 aromatic heterocycles. The standard InChI is InChI=1S/C13H23N3O3/c1-13(3-4-14-10-13)12(18)16-7-5-15(6-8-16)11(17)9-19-2/h14H,3-10H2,1-2H3. The molecule has 6 heteroatoms. The number of rotatable bonds is 3. The van der Waals surface area contributed by atoms with Crippen molar-refractivity contribution in [2.75, 3.05) is 53.0 Å². The molecule has 2 amide bonds. The van der Waals surface area contributed by atoms with Crippen LogP contribution in [0.3, 0.4) is 0 Å². The van der Waals surface area contributed by atoms with Crippen molar-refractivity contribution in [2.24, 2.45) is 5.41 Å². The number of ether oxygens (including phenoxy) is 1. The Morgan fingerprint density at radius 1 is 1.21 bits per heavy atom. The monoisotopic (exact) mass is 269 g/mol. The molecule has 0 aromatic rings. The molecule has 0 bridgehead atoms. The maximum Gasteiger partial charge on any atom is 0.248 e. The second-order valence-electron chi connectivity index (χ2n) is 5.59. The van der Waals surface area contributed by atoms with E-state index >= 15 is 0 Å². The van der Waals surface area contributed by atoms with Gasteiger partial charge in [-0.15, -0.1) is 0 Å². The quantitative estimate of drug-likeness (QED) is 0.736. The summed E-state index contributed by atoms with van der Waals surface area (Å²) in [4.78, 5) is 27.8. The number of carbonyl (C=O) groups is 2. The number of piperazine rings is 1. The van der Waals surface area contributed by atoms with Gasteiger partial charge in [0.05, 0.1) is 5.41 Å². The number of hydrogen-bond donors (Lipinski definition) is 1. The zero-order valence-electron chi connectivity index (χ0n) is 11.8.